The van der Waals surface area contributed by atoms with Crippen molar-refractivity contribution in [3.63, 3.8) is 0 Å². The van der Waals surface area contributed by atoms with E-state index in [4.69, 9.17) is 5.73 Å². The molecular weight excluding hydrogens is 264 g/mol. The monoisotopic (exact) mass is 280 g/mol. The molecule has 1 aliphatic rings. The second-order valence-electron chi connectivity index (χ2n) is 5.48. The molecule has 100 valence electrons. The Hall–Kier alpha value is -1.71. The largest absolute Gasteiger partial charge is 0.323 e. The molecule has 0 bridgehead atoms. The number of nitrogens with zero attached hydrogens (tertiary/aromatic N) is 1. The third-order valence-corrected chi connectivity index (χ3v) is 5.21. The normalized spacial score (nSPS) is 16.4. The van der Waals surface area contributed by atoms with E-state index in [0.29, 0.717) is 5.92 Å². The van der Waals surface area contributed by atoms with Crippen molar-refractivity contribution in [3.05, 3.63) is 53.5 Å². The van der Waals surface area contributed by atoms with E-state index in [1.54, 1.807) is 0 Å². The van der Waals surface area contributed by atoms with Gasteiger partial charge in [-0.3, -0.25) is 4.98 Å². The predicted octanol–water partition coefficient (Wildman–Crippen LogP) is 4.37. The highest BCUT2D eigenvalue weighted by Gasteiger charge is 2.30. The highest BCUT2D eigenvalue weighted by Crippen LogP contribution is 2.42. The van der Waals surface area contributed by atoms with Crippen molar-refractivity contribution in [3.8, 4) is 10.4 Å². The van der Waals surface area contributed by atoms with Gasteiger partial charge in [0.15, 0.2) is 0 Å². The molecule has 1 saturated carbocycles. The van der Waals surface area contributed by atoms with E-state index < -0.39 is 0 Å². The van der Waals surface area contributed by atoms with E-state index in [0.717, 1.165) is 5.52 Å². The van der Waals surface area contributed by atoms with Gasteiger partial charge in [-0.05, 0) is 54.7 Å². The van der Waals surface area contributed by atoms with E-state index in [1.165, 1.54) is 33.5 Å². The molecule has 4 rings (SSSR count). The fourth-order valence-electron chi connectivity index (χ4n) is 2.60. The lowest BCUT2D eigenvalue weighted by atomic mass is 10.1. The van der Waals surface area contributed by atoms with Crippen molar-refractivity contribution in [1.29, 1.82) is 0 Å². The molecule has 0 radical (unpaired) electrons. The molecule has 3 heteroatoms. The maximum Gasteiger partial charge on any atom is 0.0702 e. The van der Waals surface area contributed by atoms with E-state index in [2.05, 4.69) is 41.4 Å². The first-order chi connectivity index (χ1) is 9.81. The van der Waals surface area contributed by atoms with Crippen molar-refractivity contribution in [2.45, 2.75) is 18.9 Å². The number of aromatic nitrogens is 1. The van der Waals surface area contributed by atoms with Crippen molar-refractivity contribution < 1.29 is 0 Å². The minimum Gasteiger partial charge on any atom is -0.323 e. The van der Waals surface area contributed by atoms with Crippen LogP contribution in [-0.2, 0) is 0 Å². The number of rotatable bonds is 3. The molecule has 20 heavy (non-hydrogen) atoms. The minimum atomic E-state index is 0.232. The Kier molecular flexibility index (Phi) is 2.83. The fraction of sp³-hybridized carbons (Fsp3) is 0.235. The minimum absolute atomic E-state index is 0.232. The van der Waals surface area contributed by atoms with Gasteiger partial charge >= 0.3 is 0 Å². The topological polar surface area (TPSA) is 38.9 Å². The van der Waals surface area contributed by atoms with Gasteiger partial charge in [-0.1, -0.05) is 12.1 Å². The van der Waals surface area contributed by atoms with Crippen LogP contribution in [-0.4, -0.2) is 4.98 Å². The summed E-state index contributed by atoms with van der Waals surface area (Å²) in [7, 11) is 0. The number of fused-ring (bicyclic) bond motifs is 1. The van der Waals surface area contributed by atoms with Crippen LogP contribution >= 0.6 is 11.3 Å². The predicted molar refractivity (Wildman–Crippen MR) is 84.7 cm³/mol. The molecule has 2 N–H and O–H groups in total. The molecule has 1 aromatic carbocycles. The van der Waals surface area contributed by atoms with Crippen LogP contribution in [0.25, 0.3) is 21.3 Å². The lowest BCUT2D eigenvalue weighted by molar-refractivity contribution is 0.645. The van der Waals surface area contributed by atoms with Gasteiger partial charge in [0.2, 0.25) is 0 Å². The molecule has 0 amide bonds. The maximum absolute atomic E-state index is 6.28. The number of nitrogens with two attached hydrogens (primary N) is 1. The molecule has 1 fully saturated rings. The number of thiophene rings is 1. The lowest BCUT2D eigenvalue weighted by Crippen LogP contribution is -2.10. The Balaban J connectivity index is 1.71. The first-order valence-electron chi connectivity index (χ1n) is 7.02. The number of hydrogen-bond acceptors (Lipinski definition) is 3. The SMILES string of the molecule is NC(c1ccc(-c2ccc3ncccc3c2)s1)C1CC1. The summed E-state index contributed by atoms with van der Waals surface area (Å²) < 4.78 is 0. The second kappa shape index (κ2) is 4.69. The Bertz CT molecular complexity index is 758. The summed E-state index contributed by atoms with van der Waals surface area (Å²) in [6, 6.07) is 15.1. The van der Waals surface area contributed by atoms with Gasteiger partial charge in [0, 0.05) is 27.4 Å². The van der Waals surface area contributed by atoms with E-state index in [9.17, 15) is 0 Å². The summed E-state index contributed by atoms with van der Waals surface area (Å²) in [6.07, 6.45) is 4.41. The standard InChI is InChI=1S/C17H16N2S/c18-17(11-3-4-11)16-8-7-15(20-16)13-5-6-14-12(10-13)2-1-9-19-14/h1-2,5-11,17H,3-4,18H2. The van der Waals surface area contributed by atoms with Gasteiger partial charge < -0.3 is 5.73 Å². The van der Waals surface area contributed by atoms with Crippen LogP contribution in [0.4, 0.5) is 0 Å². The molecular formula is C17H16N2S. The van der Waals surface area contributed by atoms with Crippen LogP contribution in [0, 0.1) is 5.92 Å². The highest BCUT2D eigenvalue weighted by atomic mass is 32.1. The summed E-state index contributed by atoms with van der Waals surface area (Å²) in [5.41, 5.74) is 8.58. The van der Waals surface area contributed by atoms with Gasteiger partial charge in [0.05, 0.1) is 5.52 Å². The smallest absolute Gasteiger partial charge is 0.0702 e. The van der Waals surface area contributed by atoms with Crippen LogP contribution in [0.15, 0.2) is 48.7 Å². The van der Waals surface area contributed by atoms with Crippen molar-refractivity contribution in [1.82, 2.24) is 4.98 Å². The van der Waals surface area contributed by atoms with Crippen molar-refractivity contribution >= 4 is 22.2 Å². The van der Waals surface area contributed by atoms with E-state index in [-0.39, 0.29) is 6.04 Å². The molecule has 2 nitrogen and oxygen atoms in total. The molecule has 0 saturated heterocycles. The van der Waals surface area contributed by atoms with E-state index >= 15 is 0 Å². The van der Waals surface area contributed by atoms with Crippen molar-refractivity contribution in [2.24, 2.45) is 11.7 Å². The molecule has 2 aromatic heterocycles. The zero-order valence-corrected chi connectivity index (χ0v) is 11.9. The molecule has 1 unspecified atom stereocenters. The quantitative estimate of drug-likeness (QED) is 0.773. The number of pyridine rings is 1. The van der Waals surface area contributed by atoms with Gasteiger partial charge in [-0.2, -0.15) is 0 Å². The van der Waals surface area contributed by atoms with Gasteiger partial charge in [0.25, 0.3) is 0 Å². The average molecular weight is 280 g/mol. The first-order valence-corrected chi connectivity index (χ1v) is 7.83. The van der Waals surface area contributed by atoms with E-state index in [1.807, 2.05) is 23.6 Å². The molecule has 3 aromatic rings. The second-order valence-corrected chi connectivity index (χ2v) is 6.59. The van der Waals surface area contributed by atoms with Crippen molar-refractivity contribution in [2.75, 3.05) is 0 Å². The van der Waals surface area contributed by atoms with Gasteiger partial charge in [0.1, 0.15) is 0 Å². The first kappa shape index (κ1) is 12.1. The third-order valence-electron chi connectivity index (χ3n) is 3.97. The van der Waals surface area contributed by atoms with Crippen LogP contribution < -0.4 is 5.73 Å². The number of hydrogen-bond donors (Lipinski definition) is 1. The summed E-state index contributed by atoms with van der Waals surface area (Å²) in [5, 5.41) is 1.19. The summed E-state index contributed by atoms with van der Waals surface area (Å²) in [5.74, 6) is 0.710. The van der Waals surface area contributed by atoms with Gasteiger partial charge in [-0.15, -0.1) is 11.3 Å². The number of benzene rings is 1. The summed E-state index contributed by atoms with van der Waals surface area (Å²) in [4.78, 5) is 6.97. The van der Waals surface area contributed by atoms with Crippen LogP contribution in [0.1, 0.15) is 23.8 Å². The molecule has 1 aliphatic carbocycles. The van der Waals surface area contributed by atoms with Gasteiger partial charge in [-0.25, -0.2) is 0 Å². The summed E-state index contributed by atoms with van der Waals surface area (Å²) in [6.45, 7) is 0. The average Bonchev–Trinajstić information content (AvgIpc) is 3.23. The third kappa shape index (κ3) is 2.13. The Morgan fingerprint density at radius 2 is 2.05 bits per heavy atom. The molecule has 0 aliphatic heterocycles. The zero-order chi connectivity index (χ0) is 13.5. The Morgan fingerprint density at radius 3 is 2.90 bits per heavy atom. The van der Waals surface area contributed by atoms with Crippen LogP contribution in [0.2, 0.25) is 0 Å². The molecule has 0 spiro atoms. The maximum atomic E-state index is 6.28. The fourth-order valence-corrected chi connectivity index (χ4v) is 3.70. The van der Waals surface area contributed by atoms with Crippen LogP contribution in [0.5, 0.6) is 0 Å². The molecule has 2 heterocycles. The Morgan fingerprint density at radius 1 is 1.15 bits per heavy atom. The highest BCUT2D eigenvalue weighted by molar-refractivity contribution is 7.15. The molecule has 1 atom stereocenters. The Labute approximate surface area is 122 Å². The summed E-state index contributed by atoms with van der Waals surface area (Å²) >= 11 is 1.83. The lowest BCUT2D eigenvalue weighted by Gasteiger charge is -2.06. The van der Waals surface area contributed by atoms with Crippen LogP contribution in [0.3, 0.4) is 0 Å². The zero-order valence-electron chi connectivity index (χ0n) is 11.1.